The molecule has 1 fully saturated rings. The molecule has 0 aromatic carbocycles. The lowest BCUT2D eigenvalue weighted by molar-refractivity contribution is 0.114. The van der Waals surface area contributed by atoms with Gasteiger partial charge in [0.05, 0.1) is 24.0 Å². The SMILES string of the molecule is Cc1nn(CCN)c(C)c1S(=O)(=O)NCC1CCCO1. The molecule has 1 aromatic heterocycles. The Morgan fingerprint density at radius 3 is 2.85 bits per heavy atom. The highest BCUT2D eigenvalue weighted by atomic mass is 32.2. The molecule has 114 valence electrons. The highest BCUT2D eigenvalue weighted by Crippen LogP contribution is 2.19. The standard InChI is InChI=1S/C12H22N4O3S/c1-9-12(10(2)16(15-9)6-5-13)20(17,18)14-8-11-4-3-7-19-11/h11,14H,3-8,13H2,1-2H3. The van der Waals surface area contributed by atoms with Gasteiger partial charge in [-0.1, -0.05) is 0 Å². The zero-order valence-electron chi connectivity index (χ0n) is 11.9. The average Bonchev–Trinajstić information content (AvgIpc) is 2.97. The maximum Gasteiger partial charge on any atom is 0.244 e. The maximum absolute atomic E-state index is 12.4. The summed E-state index contributed by atoms with van der Waals surface area (Å²) in [4.78, 5) is 0.254. The van der Waals surface area contributed by atoms with Crippen LogP contribution in [0.1, 0.15) is 24.2 Å². The van der Waals surface area contributed by atoms with Crippen molar-refractivity contribution in [2.24, 2.45) is 5.73 Å². The van der Waals surface area contributed by atoms with Crippen molar-refractivity contribution in [1.82, 2.24) is 14.5 Å². The van der Waals surface area contributed by atoms with Crippen LogP contribution >= 0.6 is 0 Å². The van der Waals surface area contributed by atoms with Crippen molar-refractivity contribution in [2.75, 3.05) is 19.7 Å². The summed E-state index contributed by atoms with van der Waals surface area (Å²) in [7, 11) is -3.56. The van der Waals surface area contributed by atoms with Crippen molar-refractivity contribution in [3.8, 4) is 0 Å². The van der Waals surface area contributed by atoms with E-state index in [9.17, 15) is 8.42 Å². The van der Waals surface area contributed by atoms with E-state index in [0.29, 0.717) is 37.6 Å². The second kappa shape index (κ2) is 6.21. The maximum atomic E-state index is 12.4. The van der Waals surface area contributed by atoms with Crippen molar-refractivity contribution in [1.29, 1.82) is 0 Å². The largest absolute Gasteiger partial charge is 0.377 e. The molecular formula is C12H22N4O3S. The lowest BCUT2D eigenvalue weighted by Gasteiger charge is -2.11. The molecule has 1 unspecified atom stereocenters. The number of aryl methyl sites for hydroxylation is 1. The van der Waals surface area contributed by atoms with Crippen LogP contribution in [-0.2, 0) is 21.3 Å². The molecule has 0 saturated carbocycles. The molecular weight excluding hydrogens is 280 g/mol. The number of nitrogens with two attached hydrogens (primary N) is 1. The molecule has 3 N–H and O–H groups in total. The van der Waals surface area contributed by atoms with E-state index in [1.807, 2.05) is 0 Å². The van der Waals surface area contributed by atoms with E-state index in [1.54, 1.807) is 18.5 Å². The Balaban J connectivity index is 2.15. The first-order chi connectivity index (χ1) is 9.45. The molecule has 0 amide bonds. The van der Waals surface area contributed by atoms with Gasteiger partial charge in [-0.25, -0.2) is 13.1 Å². The number of ether oxygens (including phenoxy) is 1. The second-order valence-corrected chi connectivity index (χ2v) is 6.70. The summed E-state index contributed by atoms with van der Waals surface area (Å²) >= 11 is 0. The van der Waals surface area contributed by atoms with E-state index >= 15 is 0 Å². The third-order valence-corrected chi connectivity index (χ3v) is 5.12. The zero-order valence-corrected chi connectivity index (χ0v) is 12.7. The molecule has 1 aliphatic rings. The van der Waals surface area contributed by atoms with Crippen LogP contribution in [0, 0.1) is 13.8 Å². The van der Waals surface area contributed by atoms with Gasteiger partial charge in [-0.3, -0.25) is 4.68 Å². The normalized spacial score (nSPS) is 19.6. The summed E-state index contributed by atoms with van der Waals surface area (Å²) < 4.78 is 34.5. The van der Waals surface area contributed by atoms with E-state index in [4.69, 9.17) is 10.5 Å². The second-order valence-electron chi connectivity index (χ2n) is 5.00. The van der Waals surface area contributed by atoms with Gasteiger partial charge in [0.2, 0.25) is 10.0 Å². The Morgan fingerprint density at radius 2 is 2.25 bits per heavy atom. The topological polar surface area (TPSA) is 99.2 Å². The number of aromatic nitrogens is 2. The van der Waals surface area contributed by atoms with Crippen LogP contribution in [0.5, 0.6) is 0 Å². The van der Waals surface area contributed by atoms with Crippen LogP contribution in [0.2, 0.25) is 0 Å². The number of nitrogens with one attached hydrogen (secondary N) is 1. The van der Waals surface area contributed by atoms with E-state index in [0.717, 1.165) is 12.8 Å². The van der Waals surface area contributed by atoms with E-state index in [-0.39, 0.29) is 11.0 Å². The predicted molar refractivity (Wildman–Crippen MR) is 74.9 cm³/mol. The first-order valence-electron chi connectivity index (χ1n) is 6.81. The van der Waals surface area contributed by atoms with Gasteiger partial charge in [0.25, 0.3) is 0 Å². The van der Waals surface area contributed by atoms with Gasteiger partial charge in [-0.2, -0.15) is 5.10 Å². The first-order valence-corrected chi connectivity index (χ1v) is 8.29. The Hall–Kier alpha value is -0.960. The quantitative estimate of drug-likeness (QED) is 0.765. The van der Waals surface area contributed by atoms with E-state index in [2.05, 4.69) is 9.82 Å². The van der Waals surface area contributed by atoms with E-state index < -0.39 is 10.0 Å². The molecule has 2 heterocycles. The molecule has 8 heteroatoms. The van der Waals surface area contributed by atoms with Gasteiger partial charge in [-0.05, 0) is 26.7 Å². The van der Waals surface area contributed by atoms with Gasteiger partial charge < -0.3 is 10.5 Å². The monoisotopic (exact) mass is 302 g/mol. The van der Waals surface area contributed by atoms with Crippen molar-refractivity contribution in [2.45, 2.75) is 44.2 Å². The molecule has 2 rings (SSSR count). The molecule has 20 heavy (non-hydrogen) atoms. The summed E-state index contributed by atoms with van der Waals surface area (Å²) in [5.74, 6) is 0. The van der Waals surface area contributed by atoms with Crippen molar-refractivity contribution < 1.29 is 13.2 Å². The van der Waals surface area contributed by atoms with Gasteiger partial charge >= 0.3 is 0 Å². The minimum Gasteiger partial charge on any atom is -0.377 e. The highest BCUT2D eigenvalue weighted by Gasteiger charge is 2.26. The summed E-state index contributed by atoms with van der Waals surface area (Å²) in [6.07, 6.45) is 1.86. The molecule has 1 saturated heterocycles. The molecule has 0 bridgehead atoms. The van der Waals surface area contributed by atoms with Crippen LogP contribution in [0.4, 0.5) is 0 Å². The van der Waals surface area contributed by atoms with E-state index in [1.165, 1.54) is 0 Å². The van der Waals surface area contributed by atoms with Gasteiger partial charge in [0.15, 0.2) is 0 Å². The highest BCUT2D eigenvalue weighted by molar-refractivity contribution is 7.89. The zero-order chi connectivity index (χ0) is 14.8. The van der Waals surface area contributed by atoms with Crippen molar-refractivity contribution in [3.63, 3.8) is 0 Å². The molecule has 0 aliphatic carbocycles. The molecule has 0 radical (unpaired) electrons. The minimum absolute atomic E-state index is 0.0236. The minimum atomic E-state index is -3.56. The number of hydrogen-bond donors (Lipinski definition) is 2. The summed E-state index contributed by atoms with van der Waals surface area (Å²) in [6.45, 7) is 5.39. The summed E-state index contributed by atoms with van der Waals surface area (Å²) in [5, 5.41) is 4.23. The Kier molecular flexibility index (Phi) is 4.79. The molecule has 1 aromatic rings. The summed E-state index contributed by atoms with van der Waals surface area (Å²) in [6, 6.07) is 0. The molecule has 0 spiro atoms. The number of nitrogens with zero attached hydrogens (tertiary/aromatic N) is 2. The fourth-order valence-corrected chi connectivity index (χ4v) is 3.96. The first kappa shape index (κ1) is 15.4. The number of rotatable bonds is 6. The fraction of sp³-hybridized carbons (Fsp3) is 0.750. The Morgan fingerprint density at radius 1 is 1.50 bits per heavy atom. The van der Waals surface area contributed by atoms with Gasteiger partial charge in [-0.15, -0.1) is 0 Å². The van der Waals surface area contributed by atoms with Crippen LogP contribution in [-0.4, -0.2) is 44.0 Å². The van der Waals surface area contributed by atoms with Crippen LogP contribution in [0.15, 0.2) is 4.90 Å². The van der Waals surface area contributed by atoms with Crippen molar-refractivity contribution in [3.05, 3.63) is 11.4 Å². The summed E-state index contributed by atoms with van der Waals surface area (Å²) in [5.41, 5.74) is 6.61. The van der Waals surface area contributed by atoms with Gasteiger partial charge in [0, 0.05) is 19.7 Å². The predicted octanol–water partition coefficient (Wildman–Crippen LogP) is -0.0841. The number of hydrogen-bond acceptors (Lipinski definition) is 5. The number of sulfonamides is 1. The van der Waals surface area contributed by atoms with Crippen LogP contribution in [0.3, 0.4) is 0 Å². The third-order valence-electron chi connectivity index (χ3n) is 3.45. The van der Waals surface area contributed by atoms with Crippen LogP contribution in [0.25, 0.3) is 0 Å². The lowest BCUT2D eigenvalue weighted by Crippen LogP contribution is -2.32. The molecule has 1 atom stereocenters. The van der Waals surface area contributed by atoms with Crippen molar-refractivity contribution >= 4 is 10.0 Å². The lowest BCUT2D eigenvalue weighted by atomic mass is 10.2. The fourth-order valence-electron chi connectivity index (χ4n) is 2.49. The van der Waals surface area contributed by atoms with Crippen LogP contribution < -0.4 is 10.5 Å². The smallest absolute Gasteiger partial charge is 0.244 e. The Labute approximate surface area is 119 Å². The molecule has 1 aliphatic heterocycles. The third kappa shape index (κ3) is 3.20. The Bertz CT molecular complexity index is 562. The average molecular weight is 302 g/mol. The van der Waals surface area contributed by atoms with Gasteiger partial charge in [0.1, 0.15) is 4.90 Å². The molecule has 7 nitrogen and oxygen atoms in total.